The number of nitrogens with zero attached hydrogens (tertiary/aromatic N) is 2. The fourth-order valence-electron chi connectivity index (χ4n) is 7.80. The second-order valence-electron chi connectivity index (χ2n) is 16.4. The van der Waals surface area contributed by atoms with Crippen molar-refractivity contribution in [2.24, 2.45) is 17.8 Å². The number of ether oxygens (including phenoxy) is 1. The van der Waals surface area contributed by atoms with Crippen molar-refractivity contribution >= 4 is 40.9 Å². The molecule has 3 fully saturated rings. The maximum atomic E-state index is 13.2. The molecule has 3 aliphatic rings. The van der Waals surface area contributed by atoms with Crippen LogP contribution in [0.15, 0.2) is 72.8 Å². The van der Waals surface area contributed by atoms with Crippen molar-refractivity contribution in [2.45, 2.75) is 96.5 Å². The van der Waals surface area contributed by atoms with Crippen LogP contribution in [0.4, 0.5) is 10.5 Å². The molecule has 0 spiro atoms. The number of likely N-dealkylation sites (tertiary alicyclic amines) is 2. The predicted molar refractivity (Wildman–Crippen MR) is 221 cm³/mol. The Morgan fingerprint density at radius 3 is 1.84 bits per heavy atom. The summed E-state index contributed by atoms with van der Waals surface area (Å²) in [6.45, 7) is 11.8. The van der Waals surface area contributed by atoms with Crippen molar-refractivity contribution < 1.29 is 24.5 Å². The Bertz CT molecular complexity index is 1630. The number of aliphatic hydroxyl groups is 2. The van der Waals surface area contributed by atoms with E-state index in [0.29, 0.717) is 16.9 Å². The molecule has 55 heavy (non-hydrogen) atoms. The number of carbonyl (C=O) groups excluding carboxylic acids is 2. The zero-order valence-corrected chi connectivity index (χ0v) is 34.2. The van der Waals surface area contributed by atoms with Crippen LogP contribution in [0, 0.1) is 17.8 Å². The van der Waals surface area contributed by atoms with Gasteiger partial charge in [0.2, 0.25) is 5.91 Å². The Kier molecular flexibility index (Phi) is 16.3. The van der Waals surface area contributed by atoms with E-state index in [1.54, 1.807) is 0 Å². The summed E-state index contributed by atoms with van der Waals surface area (Å²) in [5.41, 5.74) is 3.17. The van der Waals surface area contributed by atoms with Crippen molar-refractivity contribution in [1.29, 1.82) is 0 Å². The van der Waals surface area contributed by atoms with E-state index in [-0.39, 0.29) is 17.9 Å². The Morgan fingerprint density at radius 1 is 0.782 bits per heavy atom. The summed E-state index contributed by atoms with van der Waals surface area (Å²) in [5, 5.41) is 28.3. The molecule has 2 atom stereocenters. The molecule has 3 saturated heterocycles. The SMILES string of the molecule is CC(C)(C)OC(=O)Nc1cccc(CN2CCC(C(=O)N3CCC(CC(O)c4ccc(Cl)cc4)CC3)CC2)c1.OC(CC1CCNCC1)c1ccc(Cl)cc1. The highest BCUT2D eigenvalue weighted by molar-refractivity contribution is 6.30. The van der Waals surface area contributed by atoms with Gasteiger partial charge in [0.05, 0.1) is 12.2 Å². The van der Waals surface area contributed by atoms with Gasteiger partial charge in [-0.15, -0.1) is 0 Å². The summed E-state index contributed by atoms with van der Waals surface area (Å²) in [7, 11) is 0. The molecule has 300 valence electrons. The normalized spacial score (nSPS) is 18.9. The van der Waals surface area contributed by atoms with E-state index in [9.17, 15) is 19.8 Å². The van der Waals surface area contributed by atoms with E-state index in [1.807, 2.05) is 92.4 Å². The summed E-state index contributed by atoms with van der Waals surface area (Å²) in [6.07, 6.45) is 6.23. The number of nitrogens with one attached hydrogen (secondary N) is 2. The number of hydrogen-bond donors (Lipinski definition) is 4. The molecule has 9 nitrogen and oxygen atoms in total. The molecule has 0 saturated carbocycles. The van der Waals surface area contributed by atoms with Crippen molar-refractivity contribution in [3.8, 4) is 0 Å². The fraction of sp³-hybridized carbons (Fsp3) is 0.545. The number of hydrogen-bond acceptors (Lipinski definition) is 7. The molecule has 4 N–H and O–H groups in total. The quantitative estimate of drug-likeness (QED) is 0.162. The first-order chi connectivity index (χ1) is 26.3. The maximum absolute atomic E-state index is 13.2. The number of halogens is 2. The second kappa shape index (κ2) is 20.8. The van der Waals surface area contributed by atoms with Crippen LogP contribution >= 0.6 is 23.2 Å². The molecule has 6 rings (SSSR count). The highest BCUT2D eigenvalue weighted by Crippen LogP contribution is 2.31. The minimum atomic E-state index is -0.542. The van der Waals surface area contributed by atoms with Gasteiger partial charge in [-0.3, -0.25) is 15.0 Å². The third-order valence-electron chi connectivity index (χ3n) is 10.9. The van der Waals surface area contributed by atoms with Crippen LogP contribution in [0.25, 0.3) is 0 Å². The molecular formula is C44H60Cl2N4O5. The lowest BCUT2D eigenvalue weighted by Crippen LogP contribution is -2.45. The zero-order chi connectivity index (χ0) is 39.4. The Labute approximate surface area is 337 Å². The molecule has 3 aromatic carbocycles. The van der Waals surface area contributed by atoms with E-state index >= 15 is 0 Å². The Morgan fingerprint density at radius 2 is 1.31 bits per heavy atom. The standard InChI is InChI=1S/C31H42ClN3O4.C13H18ClNO/c1-31(2,3)39-30(38)33-27-6-4-5-23(19-27)21-34-15-13-25(14-16-34)29(37)35-17-11-22(12-18-35)20-28(36)24-7-9-26(32)10-8-24;14-12-3-1-11(2-4-12)13(16)9-10-5-7-15-8-6-10/h4-10,19,22,25,28,36H,11-18,20-21H2,1-3H3,(H,33,38);1-4,10,13,15-16H,5-9H2. The zero-order valence-electron chi connectivity index (χ0n) is 32.7. The molecule has 0 bridgehead atoms. The van der Waals surface area contributed by atoms with Crippen molar-refractivity contribution in [2.75, 3.05) is 44.6 Å². The van der Waals surface area contributed by atoms with Gasteiger partial charge in [0.15, 0.2) is 0 Å². The van der Waals surface area contributed by atoms with Crippen molar-refractivity contribution in [3.63, 3.8) is 0 Å². The summed E-state index contributed by atoms with van der Waals surface area (Å²) in [5.74, 6) is 1.43. The number of aliphatic hydroxyl groups excluding tert-OH is 2. The summed E-state index contributed by atoms with van der Waals surface area (Å²) in [6, 6.07) is 22.7. The van der Waals surface area contributed by atoms with Gasteiger partial charge in [-0.1, -0.05) is 59.6 Å². The van der Waals surface area contributed by atoms with Crippen LogP contribution in [-0.2, 0) is 16.1 Å². The fourth-order valence-corrected chi connectivity index (χ4v) is 8.06. The first-order valence-corrected chi connectivity index (χ1v) is 20.7. The number of amides is 2. The lowest BCUT2D eigenvalue weighted by Gasteiger charge is -2.37. The average Bonchev–Trinajstić information content (AvgIpc) is 3.16. The summed E-state index contributed by atoms with van der Waals surface area (Å²) >= 11 is 11.8. The van der Waals surface area contributed by atoms with E-state index in [0.717, 1.165) is 112 Å². The molecule has 3 aliphatic heterocycles. The number of anilines is 1. The number of benzene rings is 3. The minimum absolute atomic E-state index is 0.0811. The minimum Gasteiger partial charge on any atom is -0.444 e. The topological polar surface area (TPSA) is 114 Å². The van der Waals surface area contributed by atoms with Gasteiger partial charge in [0.25, 0.3) is 0 Å². The van der Waals surface area contributed by atoms with Gasteiger partial charge in [0, 0.05) is 41.3 Å². The summed E-state index contributed by atoms with van der Waals surface area (Å²) in [4.78, 5) is 29.8. The molecular weight excluding hydrogens is 735 g/mol. The maximum Gasteiger partial charge on any atom is 0.412 e. The van der Waals surface area contributed by atoms with Crippen LogP contribution < -0.4 is 10.6 Å². The van der Waals surface area contributed by atoms with Crippen LogP contribution in [0.2, 0.25) is 10.0 Å². The van der Waals surface area contributed by atoms with Gasteiger partial charge in [-0.2, -0.15) is 0 Å². The highest BCUT2D eigenvalue weighted by Gasteiger charge is 2.31. The lowest BCUT2D eigenvalue weighted by molar-refractivity contribution is -0.138. The number of carbonyl (C=O) groups is 2. The first-order valence-electron chi connectivity index (χ1n) is 20.0. The van der Waals surface area contributed by atoms with Crippen LogP contribution in [0.5, 0.6) is 0 Å². The largest absolute Gasteiger partial charge is 0.444 e. The highest BCUT2D eigenvalue weighted by atomic mass is 35.5. The monoisotopic (exact) mass is 794 g/mol. The molecule has 11 heteroatoms. The summed E-state index contributed by atoms with van der Waals surface area (Å²) < 4.78 is 5.35. The second-order valence-corrected chi connectivity index (χ2v) is 17.3. The van der Waals surface area contributed by atoms with E-state index in [4.69, 9.17) is 27.9 Å². The van der Waals surface area contributed by atoms with E-state index < -0.39 is 17.8 Å². The molecule has 0 radical (unpaired) electrons. The first kappa shape index (κ1) is 43.0. The molecule has 3 aromatic rings. The van der Waals surface area contributed by atoms with Gasteiger partial charge < -0.3 is 25.2 Å². The van der Waals surface area contributed by atoms with Crippen molar-refractivity contribution in [3.05, 3.63) is 99.5 Å². The number of piperidine rings is 3. The van der Waals surface area contributed by atoms with E-state index in [2.05, 4.69) is 21.6 Å². The Balaban J connectivity index is 0.000000301. The van der Waals surface area contributed by atoms with Gasteiger partial charge >= 0.3 is 6.09 Å². The van der Waals surface area contributed by atoms with Crippen LogP contribution in [-0.4, -0.2) is 76.9 Å². The third kappa shape index (κ3) is 14.4. The molecule has 0 aliphatic carbocycles. The molecule has 0 aromatic heterocycles. The van der Waals surface area contributed by atoms with Crippen molar-refractivity contribution in [1.82, 2.24) is 15.1 Å². The van der Waals surface area contributed by atoms with Gasteiger partial charge in [-0.25, -0.2) is 4.79 Å². The Hall–Kier alpha value is -3.18. The van der Waals surface area contributed by atoms with Gasteiger partial charge in [-0.05, 0) is 163 Å². The predicted octanol–water partition coefficient (Wildman–Crippen LogP) is 9.02. The van der Waals surface area contributed by atoms with E-state index in [1.165, 1.54) is 12.8 Å². The number of rotatable bonds is 10. The lowest BCUT2D eigenvalue weighted by atomic mass is 9.87. The smallest absolute Gasteiger partial charge is 0.412 e. The van der Waals surface area contributed by atoms with Crippen LogP contribution in [0.3, 0.4) is 0 Å². The van der Waals surface area contributed by atoms with Gasteiger partial charge in [0.1, 0.15) is 5.60 Å². The molecule has 2 amide bonds. The third-order valence-corrected chi connectivity index (χ3v) is 11.4. The molecule has 3 heterocycles. The average molecular weight is 796 g/mol. The van der Waals surface area contributed by atoms with Crippen LogP contribution in [0.1, 0.15) is 101 Å². The molecule has 2 unspecified atom stereocenters.